The Kier molecular flexibility index (Phi) is 11.5. The summed E-state index contributed by atoms with van der Waals surface area (Å²) >= 11 is 1.98. The fourth-order valence-corrected chi connectivity index (χ4v) is 1.71. The lowest BCUT2D eigenvalue weighted by Crippen LogP contribution is -2.09. The van der Waals surface area contributed by atoms with Crippen molar-refractivity contribution in [2.45, 2.75) is 26.2 Å². The fourth-order valence-electron chi connectivity index (χ4n) is 0.859. The van der Waals surface area contributed by atoms with Crippen molar-refractivity contribution in [2.24, 2.45) is 5.73 Å². The van der Waals surface area contributed by atoms with Crippen molar-refractivity contribution in [3.63, 3.8) is 0 Å². The van der Waals surface area contributed by atoms with E-state index >= 15 is 0 Å². The second-order valence-electron chi connectivity index (χ2n) is 2.72. The Morgan fingerprint density at radius 2 is 2.00 bits per heavy atom. The summed E-state index contributed by atoms with van der Waals surface area (Å²) in [5, 5.41) is 0. The Hall–Kier alpha value is 0.270. The van der Waals surface area contributed by atoms with E-state index in [0.717, 1.165) is 12.4 Å². The van der Waals surface area contributed by atoms with E-state index in [1.165, 1.54) is 25.0 Å². The minimum Gasteiger partial charge on any atom is -0.379 e. The van der Waals surface area contributed by atoms with Gasteiger partial charge in [-0.05, 0) is 12.2 Å². The number of ether oxygens (including phenoxy) is 1. The van der Waals surface area contributed by atoms with Crippen molar-refractivity contribution in [1.82, 2.24) is 0 Å². The van der Waals surface area contributed by atoms with E-state index in [9.17, 15) is 0 Å². The topological polar surface area (TPSA) is 35.2 Å². The van der Waals surface area contributed by atoms with Crippen LogP contribution in [0.3, 0.4) is 0 Å². The lowest BCUT2D eigenvalue weighted by atomic mass is 10.3. The maximum absolute atomic E-state index is 5.28. The summed E-state index contributed by atoms with van der Waals surface area (Å²) in [5.41, 5.74) is 5.28. The Balaban J connectivity index is 2.73. The van der Waals surface area contributed by atoms with Gasteiger partial charge in [0.15, 0.2) is 0 Å². The Morgan fingerprint density at radius 3 is 2.67 bits per heavy atom. The van der Waals surface area contributed by atoms with E-state index in [1.807, 2.05) is 11.8 Å². The summed E-state index contributed by atoms with van der Waals surface area (Å²) < 4.78 is 5.24. The molecule has 0 bridgehead atoms. The van der Waals surface area contributed by atoms with Gasteiger partial charge in [0.1, 0.15) is 0 Å². The minimum absolute atomic E-state index is 0.639. The van der Waals surface area contributed by atoms with Crippen LogP contribution in [0.4, 0.5) is 0 Å². The lowest BCUT2D eigenvalue weighted by Gasteiger charge is -2.01. The van der Waals surface area contributed by atoms with Crippen molar-refractivity contribution in [3.8, 4) is 0 Å². The quantitative estimate of drug-likeness (QED) is 0.565. The second-order valence-corrected chi connectivity index (χ2v) is 3.95. The molecule has 0 aliphatic heterocycles. The molecule has 0 fully saturated rings. The molecule has 2 nitrogen and oxygen atoms in total. The molecule has 0 spiro atoms. The van der Waals surface area contributed by atoms with Gasteiger partial charge in [0.2, 0.25) is 0 Å². The third-order valence-electron chi connectivity index (χ3n) is 1.53. The molecule has 0 unspecified atom stereocenters. The first kappa shape index (κ1) is 12.3. The van der Waals surface area contributed by atoms with E-state index in [-0.39, 0.29) is 0 Å². The van der Waals surface area contributed by atoms with Crippen LogP contribution in [0.15, 0.2) is 0 Å². The van der Waals surface area contributed by atoms with E-state index in [1.54, 1.807) is 0 Å². The Labute approximate surface area is 80.2 Å². The Bertz CT molecular complexity index is 70.9. The van der Waals surface area contributed by atoms with Gasteiger partial charge in [0.25, 0.3) is 0 Å². The summed E-state index contributed by atoms with van der Waals surface area (Å²) in [7, 11) is 0. The average Bonchev–Trinajstić information content (AvgIpc) is 2.10. The highest BCUT2D eigenvalue weighted by atomic mass is 32.2. The van der Waals surface area contributed by atoms with E-state index in [4.69, 9.17) is 10.5 Å². The molecule has 0 heterocycles. The monoisotopic (exact) mass is 191 g/mol. The molecule has 0 saturated carbocycles. The zero-order valence-corrected chi connectivity index (χ0v) is 8.87. The first-order valence-electron chi connectivity index (χ1n) is 4.77. The predicted octanol–water partition coefficient (Wildman–Crippen LogP) is 1.89. The molecule has 0 aromatic rings. The van der Waals surface area contributed by atoms with Crippen LogP contribution in [0.25, 0.3) is 0 Å². The van der Waals surface area contributed by atoms with Crippen LogP contribution in [0.2, 0.25) is 0 Å². The van der Waals surface area contributed by atoms with Gasteiger partial charge in [-0.25, -0.2) is 0 Å². The highest BCUT2D eigenvalue weighted by molar-refractivity contribution is 7.99. The molecule has 0 amide bonds. The highest BCUT2D eigenvalue weighted by Gasteiger charge is 1.89. The maximum Gasteiger partial charge on any atom is 0.0589 e. The molecule has 0 aromatic carbocycles. The summed E-state index contributed by atoms with van der Waals surface area (Å²) in [6.07, 6.45) is 4.01. The van der Waals surface area contributed by atoms with Crippen molar-refractivity contribution >= 4 is 11.8 Å². The summed E-state index contributed by atoms with van der Waals surface area (Å²) in [6.45, 7) is 4.43. The number of hydrogen-bond donors (Lipinski definition) is 1. The predicted molar refractivity (Wildman–Crippen MR) is 56.7 cm³/mol. The third kappa shape index (κ3) is 10.3. The zero-order chi connectivity index (χ0) is 9.07. The van der Waals surface area contributed by atoms with Crippen molar-refractivity contribution < 1.29 is 4.74 Å². The van der Waals surface area contributed by atoms with Crippen LogP contribution in [0.1, 0.15) is 26.2 Å². The molecular weight excluding hydrogens is 170 g/mol. The summed E-state index contributed by atoms with van der Waals surface area (Å²) in [4.78, 5) is 0. The van der Waals surface area contributed by atoms with E-state index in [2.05, 4.69) is 6.92 Å². The standard InChI is InChI=1S/C9H21NOS/c1-2-3-4-8-12-9-7-11-6-5-10/h2-10H2,1H3. The maximum atomic E-state index is 5.28. The molecular formula is C9H21NOS. The molecule has 0 saturated heterocycles. The number of hydrogen-bond acceptors (Lipinski definition) is 3. The SMILES string of the molecule is CCCCCSCCOCCN. The van der Waals surface area contributed by atoms with Crippen LogP contribution < -0.4 is 5.73 Å². The van der Waals surface area contributed by atoms with Gasteiger partial charge >= 0.3 is 0 Å². The highest BCUT2D eigenvalue weighted by Crippen LogP contribution is 2.05. The van der Waals surface area contributed by atoms with Crippen molar-refractivity contribution in [1.29, 1.82) is 0 Å². The second kappa shape index (κ2) is 11.3. The smallest absolute Gasteiger partial charge is 0.0589 e. The van der Waals surface area contributed by atoms with Gasteiger partial charge in [0.05, 0.1) is 13.2 Å². The number of unbranched alkanes of at least 4 members (excludes halogenated alkanes) is 2. The fraction of sp³-hybridized carbons (Fsp3) is 1.00. The largest absolute Gasteiger partial charge is 0.379 e. The first-order valence-corrected chi connectivity index (χ1v) is 5.92. The normalized spacial score (nSPS) is 10.5. The molecule has 2 N–H and O–H groups in total. The molecule has 0 aliphatic rings. The Morgan fingerprint density at radius 1 is 1.17 bits per heavy atom. The van der Waals surface area contributed by atoms with Crippen molar-refractivity contribution in [3.05, 3.63) is 0 Å². The van der Waals surface area contributed by atoms with Crippen LogP contribution in [-0.4, -0.2) is 31.3 Å². The number of rotatable bonds is 9. The average molecular weight is 191 g/mol. The van der Waals surface area contributed by atoms with Crippen LogP contribution >= 0.6 is 11.8 Å². The van der Waals surface area contributed by atoms with Gasteiger partial charge in [-0.2, -0.15) is 11.8 Å². The van der Waals surface area contributed by atoms with Gasteiger partial charge in [-0.3, -0.25) is 0 Å². The molecule has 0 aromatic heterocycles. The van der Waals surface area contributed by atoms with Crippen LogP contribution in [-0.2, 0) is 4.74 Å². The van der Waals surface area contributed by atoms with Gasteiger partial charge in [-0.1, -0.05) is 19.8 Å². The minimum atomic E-state index is 0.639. The number of thioether (sulfide) groups is 1. The molecule has 3 heteroatoms. The van der Waals surface area contributed by atoms with E-state index < -0.39 is 0 Å². The number of nitrogens with two attached hydrogens (primary N) is 1. The van der Waals surface area contributed by atoms with Gasteiger partial charge in [0, 0.05) is 12.3 Å². The zero-order valence-electron chi connectivity index (χ0n) is 8.05. The molecule has 0 aliphatic carbocycles. The summed E-state index contributed by atoms with van der Waals surface area (Å²) in [5.74, 6) is 2.39. The summed E-state index contributed by atoms with van der Waals surface area (Å²) in [6, 6.07) is 0. The van der Waals surface area contributed by atoms with E-state index in [0.29, 0.717) is 13.2 Å². The first-order chi connectivity index (χ1) is 5.91. The van der Waals surface area contributed by atoms with Gasteiger partial charge < -0.3 is 10.5 Å². The van der Waals surface area contributed by atoms with Crippen LogP contribution in [0, 0.1) is 0 Å². The third-order valence-corrected chi connectivity index (χ3v) is 2.56. The lowest BCUT2D eigenvalue weighted by molar-refractivity contribution is 0.158. The molecule has 0 rings (SSSR count). The molecule has 0 atom stereocenters. The van der Waals surface area contributed by atoms with Crippen LogP contribution in [0.5, 0.6) is 0 Å². The molecule has 0 radical (unpaired) electrons. The van der Waals surface area contributed by atoms with Crippen molar-refractivity contribution in [2.75, 3.05) is 31.3 Å². The molecule has 12 heavy (non-hydrogen) atoms. The van der Waals surface area contributed by atoms with Gasteiger partial charge in [-0.15, -0.1) is 0 Å². The molecule has 74 valence electrons.